The highest BCUT2D eigenvalue weighted by Gasteiger charge is 2.14. The van der Waals surface area contributed by atoms with E-state index in [9.17, 15) is 4.79 Å². The van der Waals surface area contributed by atoms with Crippen LogP contribution in [-0.4, -0.2) is 18.2 Å². The fourth-order valence-corrected chi connectivity index (χ4v) is 1.63. The summed E-state index contributed by atoms with van der Waals surface area (Å²) in [7, 11) is 0. The highest BCUT2D eigenvalue weighted by atomic mass is 32.1. The van der Waals surface area contributed by atoms with Gasteiger partial charge in [-0.2, -0.15) is 11.3 Å². The number of alkyl carbamates (subject to hydrolysis) is 1. The van der Waals surface area contributed by atoms with Crippen molar-refractivity contribution in [3.8, 4) is 11.8 Å². The normalized spacial score (nSPS) is 10.3. The number of thiophene rings is 1. The molecule has 1 aromatic heterocycles. The molecule has 3 nitrogen and oxygen atoms in total. The summed E-state index contributed by atoms with van der Waals surface area (Å²) in [6, 6.07) is 1.97. The summed E-state index contributed by atoms with van der Waals surface area (Å²) in [4.78, 5) is 11.3. The monoisotopic (exact) mass is 251 g/mol. The van der Waals surface area contributed by atoms with E-state index in [0.717, 1.165) is 5.56 Å². The highest BCUT2D eigenvalue weighted by Crippen LogP contribution is 2.06. The summed E-state index contributed by atoms with van der Waals surface area (Å²) in [5.41, 5.74) is 0.569. The van der Waals surface area contributed by atoms with E-state index < -0.39 is 11.7 Å². The van der Waals surface area contributed by atoms with Gasteiger partial charge in [0.2, 0.25) is 0 Å². The van der Waals surface area contributed by atoms with Gasteiger partial charge in [-0.3, -0.25) is 0 Å². The molecule has 0 aromatic carbocycles. The minimum absolute atomic E-state index is 0.394. The van der Waals surface area contributed by atoms with Gasteiger partial charge in [0.25, 0.3) is 0 Å². The second-order valence-electron chi connectivity index (χ2n) is 4.49. The van der Waals surface area contributed by atoms with E-state index in [2.05, 4.69) is 17.2 Å². The van der Waals surface area contributed by atoms with E-state index >= 15 is 0 Å². The van der Waals surface area contributed by atoms with Crippen LogP contribution in [0.1, 0.15) is 32.8 Å². The lowest BCUT2D eigenvalue weighted by Crippen LogP contribution is -2.32. The van der Waals surface area contributed by atoms with Crippen LogP contribution in [0.25, 0.3) is 0 Å². The Labute approximate surface area is 106 Å². The van der Waals surface area contributed by atoms with Crippen LogP contribution in [0, 0.1) is 11.8 Å². The van der Waals surface area contributed by atoms with E-state index in [0.29, 0.717) is 13.0 Å². The summed E-state index contributed by atoms with van der Waals surface area (Å²) < 4.78 is 5.09. The zero-order valence-corrected chi connectivity index (χ0v) is 11.2. The molecule has 0 aliphatic heterocycles. The highest BCUT2D eigenvalue weighted by molar-refractivity contribution is 7.08. The van der Waals surface area contributed by atoms with E-state index in [1.807, 2.05) is 37.6 Å². The Morgan fingerprint density at radius 3 is 2.88 bits per heavy atom. The zero-order valence-electron chi connectivity index (χ0n) is 10.4. The number of rotatable bonds is 2. The molecule has 17 heavy (non-hydrogen) atoms. The summed E-state index contributed by atoms with van der Waals surface area (Å²) >= 11 is 1.62. The van der Waals surface area contributed by atoms with E-state index in [4.69, 9.17) is 4.74 Å². The maximum Gasteiger partial charge on any atom is 0.407 e. The number of amides is 1. The molecule has 1 N–H and O–H groups in total. The molecular formula is C13H17NO2S. The average Bonchev–Trinajstić information content (AvgIpc) is 2.67. The Morgan fingerprint density at radius 1 is 1.53 bits per heavy atom. The molecule has 1 amide bonds. The van der Waals surface area contributed by atoms with Crippen molar-refractivity contribution in [1.29, 1.82) is 0 Å². The maximum absolute atomic E-state index is 11.3. The summed E-state index contributed by atoms with van der Waals surface area (Å²) in [5.74, 6) is 6.01. The van der Waals surface area contributed by atoms with Crippen LogP contribution in [0.3, 0.4) is 0 Å². The standard InChI is InChI=1S/C13H17NO2S/c1-13(2,3)16-12(15)14-8-5-4-6-11-7-9-17-10-11/h7,9-10H,5,8H2,1-3H3,(H,14,15). The zero-order chi connectivity index (χ0) is 12.7. The molecule has 92 valence electrons. The van der Waals surface area contributed by atoms with Crippen molar-refractivity contribution >= 4 is 17.4 Å². The number of carbonyl (C=O) groups is 1. The number of hydrogen-bond acceptors (Lipinski definition) is 3. The Morgan fingerprint density at radius 2 is 2.29 bits per heavy atom. The van der Waals surface area contributed by atoms with Crippen molar-refractivity contribution < 1.29 is 9.53 Å². The van der Waals surface area contributed by atoms with Crippen LogP contribution in [0.2, 0.25) is 0 Å². The first-order valence-corrected chi connectivity index (χ1v) is 6.39. The minimum Gasteiger partial charge on any atom is -0.444 e. The lowest BCUT2D eigenvalue weighted by molar-refractivity contribution is 0.0529. The van der Waals surface area contributed by atoms with Gasteiger partial charge in [0, 0.05) is 23.9 Å². The van der Waals surface area contributed by atoms with Crippen LogP contribution < -0.4 is 5.32 Å². The third kappa shape index (κ3) is 6.64. The average molecular weight is 251 g/mol. The molecule has 0 saturated carbocycles. The molecule has 1 rings (SSSR count). The van der Waals surface area contributed by atoms with Gasteiger partial charge >= 0.3 is 6.09 Å². The molecule has 0 spiro atoms. The molecule has 4 heteroatoms. The maximum atomic E-state index is 11.3. The number of hydrogen-bond donors (Lipinski definition) is 1. The number of carbonyl (C=O) groups excluding carboxylic acids is 1. The summed E-state index contributed by atoms with van der Waals surface area (Å²) in [6.07, 6.45) is 0.226. The summed E-state index contributed by atoms with van der Waals surface area (Å²) in [6.45, 7) is 6.01. The summed E-state index contributed by atoms with van der Waals surface area (Å²) in [5, 5.41) is 6.64. The smallest absolute Gasteiger partial charge is 0.407 e. The molecule has 0 aliphatic carbocycles. The van der Waals surface area contributed by atoms with Crippen LogP contribution in [-0.2, 0) is 4.74 Å². The molecule has 0 radical (unpaired) electrons. The molecule has 0 unspecified atom stereocenters. The first kappa shape index (κ1) is 13.6. The molecule has 0 fully saturated rings. The fourth-order valence-electron chi connectivity index (χ4n) is 1.04. The third-order valence-corrected chi connectivity index (χ3v) is 2.36. The Kier molecular flexibility index (Phi) is 5.05. The van der Waals surface area contributed by atoms with E-state index in [-0.39, 0.29) is 0 Å². The van der Waals surface area contributed by atoms with Gasteiger partial charge in [-0.25, -0.2) is 4.79 Å². The van der Waals surface area contributed by atoms with Crippen LogP contribution in [0.5, 0.6) is 0 Å². The van der Waals surface area contributed by atoms with E-state index in [1.54, 1.807) is 11.3 Å². The lowest BCUT2D eigenvalue weighted by Gasteiger charge is -2.19. The van der Waals surface area contributed by atoms with Crippen molar-refractivity contribution in [3.63, 3.8) is 0 Å². The third-order valence-electron chi connectivity index (χ3n) is 1.67. The van der Waals surface area contributed by atoms with Gasteiger partial charge in [0.05, 0.1) is 0 Å². The predicted octanol–water partition coefficient (Wildman–Crippen LogP) is 3.01. The Balaban J connectivity index is 2.18. The number of ether oxygens (including phenoxy) is 1. The van der Waals surface area contributed by atoms with Gasteiger partial charge in [-0.1, -0.05) is 11.8 Å². The van der Waals surface area contributed by atoms with Crippen LogP contribution in [0.4, 0.5) is 4.79 Å². The molecule has 1 aromatic rings. The first-order valence-electron chi connectivity index (χ1n) is 5.45. The van der Waals surface area contributed by atoms with Crippen LogP contribution in [0.15, 0.2) is 16.8 Å². The molecule has 0 atom stereocenters. The topological polar surface area (TPSA) is 38.3 Å². The lowest BCUT2D eigenvalue weighted by atomic mass is 10.2. The van der Waals surface area contributed by atoms with Crippen molar-refractivity contribution in [2.45, 2.75) is 32.8 Å². The Bertz CT molecular complexity index is 407. The predicted molar refractivity (Wildman–Crippen MR) is 70.1 cm³/mol. The molecule has 0 bridgehead atoms. The SMILES string of the molecule is CC(C)(C)OC(=O)NCCC#Cc1ccsc1. The van der Waals surface area contributed by atoms with Gasteiger partial charge < -0.3 is 10.1 Å². The van der Waals surface area contributed by atoms with Gasteiger partial charge in [0.15, 0.2) is 0 Å². The van der Waals surface area contributed by atoms with Gasteiger partial charge in [-0.15, -0.1) is 0 Å². The Hall–Kier alpha value is -1.47. The quantitative estimate of drug-likeness (QED) is 0.648. The molecule has 0 saturated heterocycles. The molecule has 0 aliphatic rings. The van der Waals surface area contributed by atoms with Crippen molar-refractivity contribution in [1.82, 2.24) is 5.32 Å². The van der Waals surface area contributed by atoms with Crippen molar-refractivity contribution in [3.05, 3.63) is 22.4 Å². The largest absolute Gasteiger partial charge is 0.444 e. The first-order chi connectivity index (χ1) is 7.97. The fraction of sp³-hybridized carbons (Fsp3) is 0.462. The second-order valence-corrected chi connectivity index (χ2v) is 5.27. The number of nitrogens with one attached hydrogen (secondary N) is 1. The van der Waals surface area contributed by atoms with Gasteiger partial charge in [0.1, 0.15) is 5.60 Å². The van der Waals surface area contributed by atoms with Crippen LogP contribution >= 0.6 is 11.3 Å². The molecular weight excluding hydrogens is 234 g/mol. The molecule has 1 heterocycles. The van der Waals surface area contributed by atoms with Crippen molar-refractivity contribution in [2.24, 2.45) is 0 Å². The van der Waals surface area contributed by atoms with Crippen molar-refractivity contribution in [2.75, 3.05) is 6.54 Å². The van der Waals surface area contributed by atoms with E-state index in [1.165, 1.54) is 0 Å². The minimum atomic E-state index is -0.452. The second kappa shape index (κ2) is 6.31. The van der Waals surface area contributed by atoms with Gasteiger partial charge in [-0.05, 0) is 32.2 Å².